The maximum atomic E-state index is 12.2. The molecule has 3 N–H and O–H groups in total. The van der Waals surface area contributed by atoms with Gasteiger partial charge < -0.3 is 10.2 Å². The van der Waals surface area contributed by atoms with Crippen LogP contribution in [0.1, 0.15) is 10.4 Å². The van der Waals surface area contributed by atoms with Crippen molar-refractivity contribution in [2.45, 2.75) is 4.90 Å². The van der Waals surface area contributed by atoms with Gasteiger partial charge in [-0.2, -0.15) is 0 Å². The number of rotatable bonds is 6. The van der Waals surface area contributed by atoms with E-state index in [0.29, 0.717) is 23.2 Å². The third-order valence-corrected chi connectivity index (χ3v) is 4.44. The van der Waals surface area contributed by atoms with Crippen LogP contribution in [0.3, 0.4) is 0 Å². The summed E-state index contributed by atoms with van der Waals surface area (Å²) in [7, 11) is 0.0106. The fourth-order valence-electron chi connectivity index (χ4n) is 2.28. The maximum Gasteiger partial charge on any atom is 0.251 e. The summed E-state index contributed by atoms with van der Waals surface area (Å²) in [5, 5.41) is 8.11. The molecule has 6 nitrogen and oxygen atoms in total. The number of likely N-dealkylation sites (N-methyl/N-ethyl adjacent to an activating group) is 1. The van der Waals surface area contributed by atoms with Gasteiger partial charge in [-0.25, -0.2) is 13.6 Å². The van der Waals surface area contributed by atoms with Crippen LogP contribution < -0.4 is 10.5 Å². The molecule has 128 valence electrons. The van der Waals surface area contributed by atoms with Crippen LogP contribution in [0.5, 0.6) is 0 Å². The molecule has 0 aliphatic carbocycles. The van der Waals surface area contributed by atoms with E-state index in [1.807, 2.05) is 19.0 Å². The van der Waals surface area contributed by atoms with Crippen LogP contribution in [0.4, 0.5) is 0 Å². The predicted octanol–water partition coefficient (Wildman–Crippen LogP) is 1.29. The molecular weight excluding hydrogens is 326 g/mol. The zero-order valence-corrected chi connectivity index (χ0v) is 14.5. The lowest BCUT2D eigenvalue weighted by Crippen LogP contribution is -2.31. The first-order valence-corrected chi connectivity index (χ1v) is 8.99. The number of primary sulfonamides is 1. The Morgan fingerprint density at radius 2 is 1.83 bits per heavy atom. The monoisotopic (exact) mass is 347 g/mol. The van der Waals surface area contributed by atoms with Crippen molar-refractivity contribution < 1.29 is 13.2 Å². The number of nitrogens with zero attached hydrogens (tertiary/aromatic N) is 1. The number of benzene rings is 2. The fourth-order valence-corrected chi connectivity index (χ4v) is 3.04. The Balaban J connectivity index is 2.30. The molecule has 0 saturated heterocycles. The lowest BCUT2D eigenvalue weighted by atomic mass is 10.0. The van der Waals surface area contributed by atoms with Crippen LogP contribution in [0.2, 0.25) is 0 Å². The van der Waals surface area contributed by atoms with Crippen LogP contribution in [-0.2, 0) is 10.0 Å². The minimum Gasteiger partial charge on any atom is -0.351 e. The van der Waals surface area contributed by atoms with Crippen molar-refractivity contribution in [1.29, 1.82) is 0 Å². The lowest BCUT2D eigenvalue weighted by Gasteiger charge is -2.12. The first kappa shape index (κ1) is 18.1. The number of nitrogens with two attached hydrogens (primary N) is 1. The van der Waals surface area contributed by atoms with Crippen LogP contribution in [-0.4, -0.2) is 46.4 Å². The molecule has 2 aromatic carbocycles. The average molecular weight is 347 g/mol. The van der Waals surface area contributed by atoms with Crippen molar-refractivity contribution in [1.82, 2.24) is 10.2 Å². The van der Waals surface area contributed by atoms with Crippen molar-refractivity contribution in [2.24, 2.45) is 5.14 Å². The highest BCUT2D eigenvalue weighted by atomic mass is 32.2. The quantitative estimate of drug-likeness (QED) is 0.824. The fraction of sp³-hybridized carbons (Fsp3) is 0.235. The summed E-state index contributed by atoms with van der Waals surface area (Å²) in [4.78, 5) is 14.2. The van der Waals surface area contributed by atoms with E-state index in [0.717, 1.165) is 6.54 Å². The van der Waals surface area contributed by atoms with E-state index in [2.05, 4.69) is 5.32 Å². The number of carbonyl (C=O) groups is 1. The van der Waals surface area contributed by atoms with Crippen molar-refractivity contribution in [2.75, 3.05) is 27.2 Å². The first-order chi connectivity index (χ1) is 11.3. The number of hydrogen-bond donors (Lipinski definition) is 2. The molecule has 0 aliphatic heterocycles. The van der Waals surface area contributed by atoms with Crippen molar-refractivity contribution in [3.63, 3.8) is 0 Å². The SMILES string of the molecule is CN(C)CCNC(=O)c1cccc(-c2ccccc2S(N)(=O)=O)c1. The summed E-state index contributed by atoms with van der Waals surface area (Å²) in [6.45, 7) is 1.27. The minimum absolute atomic E-state index is 0.0372. The third kappa shape index (κ3) is 4.64. The molecule has 7 heteroatoms. The van der Waals surface area contributed by atoms with Gasteiger partial charge in [0.25, 0.3) is 5.91 Å². The molecule has 0 spiro atoms. The zero-order chi connectivity index (χ0) is 17.7. The summed E-state index contributed by atoms with van der Waals surface area (Å²) < 4.78 is 23.5. The molecule has 0 atom stereocenters. The summed E-state index contributed by atoms with van der Waals surface area (Å²) in [6.07, 6.45) is 0. The second-order valence-electron chi connectivity index (χ2n) is 5.68. The summed E-state index contributed by atoms with van der Waals surface area (Å²) in [5.41, 5.74) is 1.57. The molecule has 0 bridgehead atoms. The highest BCUT2D eigenvalue weighted by Crippen LogP contribution is 2.27. The van der Waals surface area contributed by atoms with Gasteiger partial charge in [0.2, 0.25) is 10.0 Å². The highest BCUT2D eigenvalue weighted by Gasteiger charge is 2.15. The van der Waals surface area contributed by atoms with Gasteiger partial charge in [-0.3, -0.25) is 4.79 Å². The summed E-state index contributed by atoms with van der Waals surface area (Å²) in [6, 6.07) is 13.3. The van der Waals surface area contributed by atoms with E-state index in [1.54, 1.807) is 42.5 Å². The van der Waals surface area contributed by atoms with E-state index < -0.39 is 10.0 Å². The van der Waals surface area contributed by atoms with Crippen molar-refractivity contribution in [3.05, 3.63) is 54.1 Å². The summed E-state index contributed by atoms with van der Waals surface area (Å²) >= 11 is 0. The number of hydrogen-bond acceptors (Lipinski definition) is 4. The summed E-state index contributed by atoms with van der Waals surface area (Å²) in [5.74, 6) is -0.202. The second kappa shape index (κ2) is 7.57. The first-order valence-electron chi connectivity index (χ1n) is 7.44. The van der Waals surface area contributed by atoms with E-state index in [4.69, 9.17) is 5.14 Å². The number of carbonyl (C=O) groups excluding carboxylic acids is 1. The molecule has 24 heavy (non-hydrogen) atoms. The van der Waals surface area contributed by atoms with Crippen molar-refractivity contribution >= 4 is 15.9 Å². The average Bonchev–Trinajstić information content (AvgIpc) is 2.54. The highest BCUT2D eigenvalue weighted by molar-refractivity contribution is 7.89. The van der Waals surface area contributed by atoms with E-state index in [-0.39, 0.29) is 10.8 Å². The Kier molecular flexibility index (Phi) is 5.71. The van der Waals surface area contributed by atoms with Crippen molar-refractivity contribution in [3.8, 4) is 11.1 Å². The van der Waals surface area contributed by atoms with Gasteiger partial charge in [-0.15, -0.1) is 0 Å². The van der Waals surface area contributed by atoms with Crippen LogP contribution in [0.25, 0.3) is 11.1 Å². The lowest BCUT2D eigenvalue weighted by molar-refractivity contribution is 0.0951. The maximum absolute atomic E-state index is 12.2. The van der Waals surface area contributed by atoms with E-state index >= 15 is 0 Å². The third-order valence-electron chi connectivity index (χ3n) is 3.47. The molecule has 2 rings (SSSR count). The molecule has 0 heterocycles. The van der Waals surface area contributed by atoms with Gasteiger partial charge in [-0.05, 0) is 37.9 Å². The van der Waals surface area contributed by atoms with Crippen LogP contribution in [0, 0.1) is 0 Å². The molecule has 0 aliphatic rings. The van der Waals surface area contributed by atoms with Gasteiger partial charge in [-0.1, -0.05) is 30.3 Å². The van der Waals surface area contributed by atoms with Crippen LogP contribution in [0.15, 0.2) is 53.4 Å². The Labute approximate surface area is 142 Å². The number of sulfonamides is 1. The van der Waals surface area contributed by atoms with E-state index in [9.17, 15) is 13.2 Å². The molecule has 0 radical (unpaired) electrons. The molecule has 1 amide bonds. The standard InChI is InChI=1S/C17H21N3O3S/c1-20(2)11-10-19-17(21)14-7-5-6-13(12-14)15-8-3-4-9-16(15)24(18,22)23/h3-9,12H,10-11H2,1-2H3,(H,19,21)(H2,18,22,23). The predicted molar refractivity (Wildman–Crippen MR) is 94.1 cm³/mol. The van der Waals surface area contributed by atoms with Gasteiger partial charge in [0.05, 0.1) is 4.90 Å². The largest absolute Gasteiger partial charge is 0.351 e. The van der Waals surface area contributed by atoms with Gasteiger partial charge >= 0.3 is 0 Å². The van der Waals surface area contributed by atoms with Gasteiger partial charge in [0, 0.05) is 24.2 Å². The Morgan fingerprint density at radius 3 is 2.50 bits per heavy atom. The van der Waals surface area contributed by atoms with Gasteiger partial charge in [0.15, 0.2) is 0 Å². The smallest absolute Gasteiger partial charge is 0.251 e. The molecule has 0 aromatic heterocycles. The Hall–Kier alpha value is -2.22. The second-order valence-corrected chi connectivity index (χ2v) is 7.21. The molecular formula is C17H21N3O3S. The van der Waals surface area contributed by atoms with Gasteiger partial charge in [0.1, 0.15) is 0 Å². The Morgan fingerprint density at radius 1 is 1.12 bits per heavy atom. The normalized spacial score (nSPS) is 11.5. The Bertz CT molecular complexity index is 832. The van der Waals surface area contributed by atoms with E-state index in [1.165, 1.54) is 6.07 Å². The number of amides is 1. The molecule has 0 fully saturated rings. The number of nitrogens with one attached hydrogen (secondary N) is 1. The topological polar surface area (TPSA) is 92.5 Å². The molecule has 0 saturated carbocycles. The minimum atomic E-state index is -3.84. The molecule has 2 aromatic rings. The van der Waals surface area contributed by atoms with Crippen LogP contribution >= 0.6 is 0 Å². The molecule has 0 unspecified atom stereocenters. The zero-order valence-electron chi connectivity index (χ0n) is 13.7.